The van der Waals surface area contributed by atoms with Crippen LogP contribution in [-0.4, -0.2) is 42.3 Å². The minimum Gasteiger partial charge on any atom is -0.335 e. The van der Waals surface area contributed by atoms with Gasteiger partial charge in [0, 0.05) is 22.2 Å². The highest BCUT2D eigenvalue weighted by Crippen LogP contribution is 2.34. The predicted octanol–water partition coefficient (Wildman–Crippen LogP) is 3.18. The Bertz CT molecular complexity index is 1030. The van der Waals surface area contributed by atoms with E-state index in [9.17, 15) is 13.2 Å². The zero-order valence-electron chi connectivity index (χ0n) is 15.4. The number of benzene rings is 2. The lowest BCUT2D eigenvalue weighted by Gasteiger charge is -2.10. The third kappa shape index (κ3) is 4.23. The first-order chi connectivity index (χ1) is 13.4. The molecule has 2 atom stereocenters. The Hall–Kier alpha value is -2.32. The first kappa shape index (κ1) is 19.0. The van der Waals surface area contributed by atoms with Gasteiger partial charge in [-0.15, -0.1) is 0 Å². The van der Waals surface area contributed by atoms with Crippen LogP contribution in [0, 0.1) is 0 Å². The molecule has 0 radical (unpaired) electrons. The summed E-state index contributed by atoms with van der Waals surface area (Å²) in [5, 5.41) is 6.81. The number of rotatable bonds is 4. The molecule has 2 aromatic rings. The second kappa shape index (κ2) is 7.60. The molecule has 0 aromatic heterocycles. The third-order valence-electron chi connectivity index (χ3n) is 4.81. The van der Waals surface area contributed by atoms with Crippen LogP contribution in [0.4, 0.5) is 11.4 Å². The Kier molecular flexibility index (Phi) is 5.16. The van der Waals surface area contributed by atoms with E-state index in [-0.39, 0.29) is 28.7 Å². The maximum Gasteiger partial charge on any atom is 0.255 e. The Labute approximate surface area is 168 Å². The smallest absolute Gasteiger partial charge is 0.255 e. The number of anilines is 2. The van der Waals surface area contributed by atoms with Gasteiger partial charge in [-0.25, -0.2) is 8.42 Å². The molecule has 0 unspecified atom stereocenters. The van der Waals surface area contributed by atoms with E-state index in [2.05, 4.69) is 22.5 Å². The van der Waals surface area contributed by atoms with Gasteiger partial charge in [0.05, 0.1) is 17.5 Å². The molecule has 1 fully saturated rings. The van der Waals surface area contributed by atoms with Gasteiger partial charge >= 0.3 is 0 Å². The highest BCUT2D eigenvalue weighted by molar-refractivity contribution is 8.15. The molecule has 2 N–H and O–H groups in total. The zero-order valence-corrected chi connectivity index (χ0v) is 17.0. The van der Waals surface area contributed by atoms with E-state index in [1.165, 1.54) is 17.3 Å². The van der Waals surface area contributed by atoms with Crippen molar-refractivity contribution in [2.45, 2.75) is 24.6 Å². The topological polar surface area (TPSA) is 87.6 Å². The predicted molar refractivity (Wildman–Crippen MR) is 115 cm³/mol. The maximum absolute atomic E-state index is 12.5. The molecule has 2 aliphatic heterocycles. The molecule has 8 heteroatoms. The second-order valence-corrected chi connectivity index (χ2v) is 10.3. The fraction of sp³-hybridized carbons (Fsp3) is 0.300. The zero-order chi connectivity index (χ0) is 19.7. The van der Waals surface area contributed by atoms with Gasteiger partial charge in [0.1, 0.15) is 0 Å². The van der Waals surface area contributed by atoms with Crippen molar-refractivity contribution in [2.24, 2.45) is 4.99 Å². The van der Waals surface area contributed by atoms with Gasteiger partial charge in [-0.3, -0.25) is 9.79 Å². The molecule has 4 rings (SSSR count). The number of hydrogen-bond donors (Lipinski definition) is 2. The number of hydrogen-bond acceptors (Lipinski definition) is 6. The van der Waals surface area contributed by atoms with E-state index in [0.717, 1.165) is 17.8 Å². The normalized spacial score (nSPS) is 22.4. The molecule has 28 heavy (non-hydrogen) atoms. The molecular formula is C20H21N3O3S2. The molecule has 2 aliphatic rings. The highest BCUT2D eigenvalue weighted by Gasteiger charge is 2.42. The molecule has 0 bridgehead atoms. The third-order valence-corrected chi connectivity index (χ3v) is 7.96. The van der Waals surface area contributed by atoms with Gasteiger partial charge in [0.25, 0.3) is 5.91 Å². The van der Waals surface area contributed by atoms with Crippen molar-refractivity contribution in [2.75, 3.05) is 22.1 Å². The summed E-state index contributed by atoms with van der Waals surface area (Å²) in [6.45, 7) is 2.09. The average Bonchev–Trinajstić information content (AvgIpc) is 3.15. The monoisotopic (exact) mass is 415 g/mol. The second-order valence-electron chi connectivity index (χ2n) is 6.95. The van der Waals surface area contributed by atoms with Gasteiger partial charge < -0.3 is 10.6 Å². The largest absolute Gasteiger partial charge is 0.335 e. The number of nitrogens with zero attached hydrogens (tertiary/aromatic N) is 1. The SMILES string of the molecule is CCc1ccc(NC(=O)c2cccc(NC3=N[C@H]4CS(=O)(=O)C[C@@H]4S3)c2)cc1. The molecule has 2 aromatic carbocycles. The minimum absolute atomic E-state index is 0.00919. The Balaban J connectivity index is 1.42. The van der Waals surface area contributed by atoms with Crippen molar-refractivity contribution in [3.8, 4) is 0 Å². The Morgan fingerprint density at radius 2 is 1.93 bits per heavy atom. The highest BCUT2D eigenvalue weighted by atomic mass is 32.2. The van der Waals surface area contributed by atoms with Gasteiger partial charge in [-0.2, -0.15) is 0 Å². The lowest BCUT2D eigenvalue weighted by atomic mass is 10.1. The summed E-state index contributed by atoms with van der Waals surface area (Å²) in [4.78, 5) is 17.0. The van der Waals surface area contributed by atoms with E-state index in [1.54, 1.807) is 12.1 Å². The summed E-state index contributed by atoms with van der Waals surface area (Å²) in [7, 11) is -2.96. The van der Waals surface area contributed by atoms with E-state index < -0.39 is 9.84 Å². The number of fused-ring (bicyclic) bond motifs is 1. The van der Waals surface area contributed by atoms with Gasteiger partial charge in [0.15, 0.2) is 15.0 Å². The summed E-state index contributed by atoms with van der Waals surface area (Å²) < 4.78 is 23.3. The number of aliphatic imine (C=N–C) groups is 1. The fourth-order valence-electron chi connectivity index (χ4n) is 3.30. The molecular weight excluding hydrogens is 394 g/mol. The summed E-state index contributed by atoms with van der Waals surface area (Å²) in [5.41, 5.74) is 3.26. The summed E-state index contributed by atoms with van der Waals surface area (Å²) in [6, 6.07) is 14.8. The first-order valence-electron chi connectivity index (χ1n) is 9.14. The van der Waals surface area contributed by atoms with Crippen LogP contribution in [0.5, 0.6) is 0 Å². The van der Waals surface area contributed by atoms with Crippen molar-refractivity contribution in [1.29, 1.82) is 0 Å². The van der Waals surface area contributed by atoms with Crippen LogP contribution < -0.4 is 10.6 Å². The van der Waals surface area contributed by atoms with Gasteiger partial charge in [0.2, 0.25) is 0 Å². The number of amidine groups is 1. The number of aryl methyl sites for hydroxylation is 1. The van der Waals surface area contributed by atoms with E-state index in [0.29, 0.717) is 10.7 Å². The van der Waals surface area contributed by atoms with E-state index in [4.69, 9.17) is 0 Å². The number of amides is 1. The van der Waals surface area contributed by atoms with Crippen molar-refractivity contribution < 1.29 is 13.2 Å². The number of nitrogens with one attached hydrogen (secondary N) is 2. The number of sulfone groups is 1. The van der Waals surface area contributed by atoms with Crippen LogP contribution in [0.25, 0.3) is 0 Å². The quantitative estimate of drug-likeness (QED) is 0.801. The summed E-state index contributed by atoms with van der Waals surface area (Å²) in [5.74, 6) is 0.114. The lowest BCUT2D eigenvalue weighted by Crippen LogP contribution is -2.14. The van der Waals surface area contributed by atoms with E-state index >= 15 is 0 Å². The van der Waals surface area contributed by atoms with Crippen molar-refractivity contribution in [3.63, 3.8) is 0 Å². The molecule has 1 amide bonds. The molecule has 0 aliphatic carbocycles. The van der Waals surface area contributed by atoms with Crippen molar-refractivity contribution >= 4 is 44.0 Å². The van der Waals surface area contributed by atoms with Gasteiger partial charge in [-0.05, 0) is 42.3 Å². The molecule has 0 saturated carbocycles. The average molecular weight is 416 g/mol. The Morgan fingerprint density at radius 1 is 1.14 bits per heavy atom. The summed E-state index contributed by atoms with van der Waals surface area (Å²) in [6.07, 6.45) is 0.956. The fourth-order valence-corrected chi connectivity index (χ4v) is 6.98. The number of thioether (sulfide) groups is 1. The maximum atomic E-state index is 12.5. The van der Waals surface area contributed by atoms with Crippen LogP contribution in [0.2, 0.25) is 0 Å². The molecule has 1 saturated heterocycles. The van der Waals surface area contributed by atoms with Crippen molar-refractivity contribution in [1.82, 2.24) is 0 Å². The van der Waals surface area contributed by atoms with Crippen molar-refractivity contribution in [3.05, 3.63) is 59.7 Å². The molecule has 0 spiro atoms. The number of carbonyl (C=O) groups is 1. The Morgan fingerprint density at radius 3 is 2.64 bits per heavy atom. The standard InChI is InChI=1S/C20H21N3O3S2/c1-2-13-6-8-15(9-7-13)21-19(24)14-4-3-5-16(10-14)22-20-23-17-11-28(25,26)12-18(17)27-20/h3-10,17-18H,2,11-12H2,1H3,(H,21,24)(H,22,23)/t17-,18-/m0/s1. The van der Waals surface area contributed by atoms with Crippen LogP contribution in [0.15, 0.2) is 53.5 Å². The lowest BCUT2D eigenvalue weighted by molar-refractivity contribution is 0.102. The molecule has 2 heterocycles. The van der Waals surface area contributed by atoms with Crippen LogP contribution in [0.3, 0.4) is 0 Å². The minimum atomic E-state index is -2.96. The van der Waals surface area contributed by atoms with Gasteiger partial charge in [-0.1, -0.05) is 36.9 Å². The molecule has 6 nitrogen and oxygen atoms in total. The first-order valence-corrected chi connectivity index (χ1v) is 11.8. The van der Waals surface area contributed by atoms with E-state index in [1.807, 2.05) is 36.4 Å². The summed E-state index contributed by atoms with van der Waals surface area (Å²) >= 11 is 1.46. The molecule has 146 valence electrons. The van der Waals surface area contributed by atoms with Crippen LogP contribution >= 0.6 is 11.8 Å². The van der Waals surface area contributed by atoms with Crippen LogP contribution in [-0.2, 0) is 16.3 Å². The number of carbonyl (C=O) groups excluding carboxylic acids is 1. The van der Waals surface area contributed by atoms with Crippen LogP contribution in [0.1, 0.15) is 22.8 Å².